The van der Waals surface area contributed by atoms with E-state index < -0.39 is 0 Å². The highest BCUT2D eigenvalue weighted by Gasteiger charge is 2.41. The number of nitrogens with one attached hydrogen (secondary N) is 2. The molecule has 2 fully saturated rings. The quantitative estimate of drug-likeness (QED) is 0.135. The fourth-order valence-corrected chi connectivity index (χ4v) is 8.12. The summed E-state index contributed by atoms with van der Waals surface area (Å²) in [6, 6.07) is 27.1. The monoisotopic (exact) mass is 684 g/mol. The van der Waals surface area contributed by atoms with Gasteiger partial charge in [-0.2, -0.15) is 0 Å². The van der Waals surface area contributed by atoms with Crippen LogP contribution in [0.25, 0.3) is 21.5 Å². The third-order valence-electron chi connectivity index (χ3n) is 7.60. The second-order valence-electron chi connectivity index (χ2n) is 10.7. The molecule has 0 atom stereocenters. The molecule has 0 aromatic heterocycles. The van der Waals surface area contributed by atoms with Gasteiger partial charge in [0.25, 0.3) is 11.8 Å². The van der Waals surface area contributed by atoms with E-state index in [1.807, 2.05) is 84.9 Å². The Balaban J connectivity index is 1.01. The van der Waals surface area contributed by atoms with Gasteiger partial charge < -0.3 is 10.6 Å². The molecule has 0 saturated carbocycles. The number of rotatable bonds is 10. The summed E-state index contributed by atoms with van der Waals surface area (Å²) in [5.74, 6) is -1.04. The summed E-state index contributed by atoms with van der Waals surface area (Å²) >= 11 is 13.1. The van der Waals surface area contributed by atoms with Crippen LogP contribution in [0, 0.1) is 0 Å². The summed E-state index contributed by atoms with van der Waals surface area (Å²) in [6.45, 7) is 0.506. The van der Waals surface area contributed by atoms with Crippen LogP contribution in [-0.4, -0.2) is 55.2 Å². The summed E-state index contributed by atoms with van der Waals surface area (Å²) in [7, 11) is 0. The molecule has 0 unspecified atom stereocenters. The molecule has 232 valence electrons. The normalized spacial score (nSPS) is 16.6. The van der Waals surface area contributed by atoms with E-state index >= 15 is 0 Å². The third-order valence-corrected chi connectivity index (χ3v) is 10.6. The summed E-state index contributed by atoms with van der Waals surface area (Å²) in [6.07, 6.45) is 1.20. The van der Waals surface area contributed by atoms with Crippen molar-refractivity contribution >= 4 is 113 Å². The van der Waals surface area contributed by atoms with Crippen LogP contribution in [0.2, 0.25) is 0 Å². The number of thioether (sulfide) groups is 2. The minimum absolute atomic E-state index is 0.159. The highest BCUT2D eigenvalue weighted by atomic mass is 32.2. The summed E-state index contributed by atoms with van der Waals surface area (Å²) < 4.78 is 0.676. The van der Waals surface area contributed by atoms with Crippen molar-refractivity contribution in [3.63, 3.8) is 0 Å². The Morgan fingerprint density at radius 2 is 0.978 bits per heavy atom. The molecular formula is C34H28N4O4S4. The summed E-state index contributed by atoms with van der Waals surface area (Å²) in [5.41, 5.74) is 1.47. The minimum Gasteiger partial charge on any atom is -0.326 e. The maximum atomic E-state index is 13.3. The van der Waals surface area contributed by atoms with Crippen molar-refractivity contribution in [3.8, 4) is 0 Å². The van der Waals surface area contributed by atoms with Gasteiger partial charge in [0.15, 0.2) is 0 Å². The average Bonchev–Trinajstić information content (AvgIpc) is 3.49. The van der Waals surface area contributed by atoms with Crippen molar-refractivity contribution in [2.45, 2.75) is 25.7 Å². The Hall–Kier alpha value is -4.10. The van der Waals surface area contributed by atoms with E-state index in [4.69, 9.17) is 24.4 Å². The van der Waals surface area contributed by atoms with Gasteiger partial charge in [-0.1, -0.05) is 121 Å². The van der Waals surface area contributed by atoms with Crippen LogP contribution in [0.1, 0.15) is 25.7 Å². The van der Waals surface area contributed by atoms with Crippen LogP contribution >= 0.6 is 48.0 Å². The van der Waals surface area contributed by atoms with Crippen molar-refractivity contribution in [1.29, 1.82) is 0 Å². The Morgan fingerprint density at radius 3 is 1.41 bits per heavy atom. The van der Waals surface area contributed by atoms with Crippen LogP contribution in [0.3, 0.4) is 0 Å². The largest absolute Gasteiger partial charge is 0.326 e. The first kappa shape index (κ1) is 31.9. The van der Waals surface area contributed by atoms with Crippen LogP contribution in [0.4, 0.5) is 11.4 Å². The van der Waals surface area contributed by atoms with Gasteiger partial charge >= 0.3 is 0 Å². The zero-order chi connectivity index (χ0) is 32.2. The van der Waals surface area contributed by atoms with E-state index in [1.54, 1.807) is 0 Å². The molecule has 8 nitrogen and oxygen atoms in total. The molecule has 4 aromatic carbocycles. The number of hydrogen-bond donors (Lipinski definition) is 2. The highest BCUT2D eigenvalue weighted by molar-refractivity contribution is 8.29. The SMILES string of the molecule is O=C(CCCN1C(=O)/C(=C2\SC(=S)N(CCCC(=O)Nc3cccc4ccccc34)C2=O)SC1=S)Nc1cccc2ccccc12. The lowest BCUT2D eigenvalue weighted by molar-refractivity contribution is -0.124. The van der Waals surface area contributed by atoms with Crippen LogP contribution in [-0.2, 0) is 19.2 Å². The van der Waals surface area contributed by atoms with Gasteiger partial charge in [-0.05, 0) is 35.7 Å². The van der Waals surface area contributed by atoms with Crippen LogP contribution in [0.5, 0.6) is 0 Å². The molecule has 46 heavy (non-hydrogen) atoms. The minimum atomic E-state index is -0.362. The molecule has 4 aromatic rings. The molecule has 2 saturated heterocycles. The lowest BCUT2D eigenvalue weighted by atomic mass is 10.1. The van der Waals surface area contributed by atoms with Gasteiger partial charge in [0.2, 0.25) is 11.8 Å². The second-order valence-corrected chi connectivity index (χ2v) is 14.0. The molecule has 2 aliphatic rings. The number of fused-ring (bicyclic) bond motifs is 2. The molecule has 0 radical (unpaired) electrons. The molecule has 12 heteroatoms. The van der Waals surface area contributed by atoms with Gasteiger partial charge in [0.1, 0.15) is 8.64 Å². The summed E-state index contributed by atoms with van der Waals surface area (Å²) in [5, 5.41) is 9.90. The predicted octanol–water partition coefficient (Wildman–Crippen LogP) is 7.06. The number of carbonyl (C=O) groups is 4. The van der Waals surface area contributed by atoms with E-state index in [2.05, 4.69) is 10.6 Å². The Kier molecular flexibility index (Phi) is 9.78. The van der Waals surface area contributed by atoms with E-state index in [9.17, 15) is 19.2 Å². The Labute approximate surface area is 284 Å². The zero-order valence-corrected chi connectivity index (χ0v) is 27.8. The third kappa shape index (κ3) is 6.85. The molecule has 0 aliphatic carbocycles. The first-order valence-electron chi connectivity index (χ1n) is 14.7. The van der Waals surface area contributed by atoms with E-state index in [-0.39, 0.29) is 59.4 Å². The number of anilines is 2. The van der Waals surface area contributed by atoms with Gasteiger partial charge in [0.05, 0.1) is 9.81 Å². The number of thiocarbonyl (C=S) groups is 2. The van der Waals surface area contributed by atoms with E-state index in [0.29, 0.717) is 21.5 Å². The molecule has 0 spiro atoms. The van der Waals surface area contributed by atoms with Gasteiger partial charge in [0, 0.05) is 48.1 Å². The number of amides is 4. The fourth-order valence-electron chi connectivity index (χ4n) is 5.35. The smallest absolute Gasteiger partial charge is 0.267 e. The van der Waals surface area contributed by atoms with Crippen molar-refractivity contribution < 1.29 is 19.2 Å². The highest BCUT2D eigenvalue weighted by Crippen LogP contribution is 2.42. The molecule has 4 amide bonds. The first-order chi connectivity index (χ1) is 22.3. The first-order valence-corrected chi connectivity index (χ1v) is 17.1. The van der Waals surface area contributed by atoms with Crippen molar-refractivity contribution in [2.75, 3.05) is 23.7 Å². The maximum Gasteiger partial charge on any atom is 0.267 e. The molecule has 2 aliphatic heterocycles. The molecule has 6 rings (SSSR count). The zero-order valence-electron chi connectivity index (χ0n) is 24.5. The molecule has 0 bridgehead atoms. The number of nitrogens with zero attached hydrogens (tertiary/aromatic N) is 2. The standard InChI is InChI=1S/C34H28N4O4S4/c39-27(35-25-15-5-11-21-9-1-3-13-23(21)25)17-7-19-37-31(41)29(45-33(37)43)30-32(42)38(34(44)46-30)20-8-18-28(40)36-26-16-6-12-22-10-2-4-14-24(22)26/h1-6,9-16H,7-8,17-20H2,(H,35,39)(H,36,40)/b30-29+. The van der Waals surface area contributed by atoms with Crippen molar-refractivity contribution in [3.05, 3.63) is 94.7 Å². The Morgan fingerprint density at radius 1 is 0.587 bits per heavy atom. The number of benzene rings is 4. The fraction of sp³-hybridized carbons (Fsp3) is 0.176. The number of hydrogen-bond acceptors (Lipinski definition) is 8. The summed E-state index contributed by atoms with van der Waals surface area (Å²) in [4.78, 5) is 55.4. The predicted molar refractivity (Wildman–Crippen MR) is 194 cm³/mol. The van der Waals surface area contributed by atoms with Gasteiger partial charge in [-0.15, -0.1) is 0 Å². The Bertz CT molecular complexity index is 1810. The van der Waals surface area contributed by atoms with E-state index in [1.165, 1.54) is 9.80 Å². The maximum absolute atomic E-state index is 13.3. The molecular weight excluding hydrogens is 657 g/mol. The van der Waals surface area contributed by atoms with Gasteiger partial charge in [-0.3, -0.25) is 29.0 Å². The van der Waals surface area contributed by atoms with Crippen molar-refractivity contribution in [2.24, 2.45) is 0 Å². The van der Waals surface area contributed by atoms with Crippen LogP contribution in [0.15, 0.2) is 94.7 Å². The lowest BCUT2D eigenvalue weighted by Gasteiger charge is -2.15. The lowest BCUT2D eigenvalue weighted by Crippen LogP contribution is -2.31. The second kappa shape index (κ2) is 14.1. The van der Waals surface area contributed by atoms with Crippen LogP contribution < -0.4 is 10.6 Å². The van der Waals surface area contributed by atoms with E-state index in [0.717, 1.165) is 56.4 Å². The number of carbonyl (C=O) groups excluding carboxylic acids is 4. The van der Waals surface area contributed by atoms with Gasteiger partial charge in [-0.25, -0.2) is 0 Å². The topological polar surface area (TPSA) is 98.8 Å². The average molecular weight is 685 g/mol. The molecule has 2 N–H and O–H groups in total. The molecule has 2 heterocycles. The van der Waals surface area contributed by atoms with Crippen molar-refractivity contribution in [1.82, 2.24) is 9.80 Å².